The lowest BCUT2D eigenvalue weighted by atomic mass is 10.1. The highest BCUT2D eigenvalue weighted by Crippen LogP contribution is 2.16. The summed E-state index contributed by atoms with van der Waals surface area (Å²) in [6.07, 6.45) is -0.102. The third-order valence-corrected chi connectivity index (χ3v) is 1.90. The molecule has 0 saturated heterocycles. The standard InChI is InChI=1S/C10H11FN2O3/c11-6-1-2-8(7(5-6)10(12)16)13-4-3-9(14)15/h1-2,5,13H,3-4H2,(H2,12,16)(H,14,15). The van der Waals surface area contributed by atoms with E-state index in [0.29, 0.717) is 5.69 Å². The fourth-order valence-electron chi connectivity index (χ4n) is 1.18. The predicted octanol–water partition coefficient (Wildman–Crippen LogP) is 0.811. The lowest BCUT2D eigenvalue weighted by Gasteiger charge is -2.08. The number of carbonyl (C=O) groups is 2. The van der Waals surface area contributed by atoms with Crippen molar-refractivity contribution in [3.8, 4) is 0 Å². The minimum absolute atomic E-state index is 0.00499. The van der Waals surface area contributed by atoms with E-state index in [1.165, 1.54) is 6.07 Å². The highest BCUT2D eigenvalue weighted by molar-refractivity contribution is 5.98. The van der Waals surface area contributed by atoms with Gasteiger partial charge in [-0.2, -0.15) is 0 Å². The molecule has 86 valence electrons. The molecular weight excluding hydrogens is 215 g/mol. The van der Waals surface area contributed by atoms with Crippen molar-refractivity contribution in [2.75, 3.05) is 11.9 Å². The summed E-state index contributed by atoms with van der Waals surface area (Å²) >= 11 is 0. The number of primary amides is 1. The van der Waals surface area contributed by atoms with Crippen LogP contribution in [0.5, 0.6) is 0 Å². The SMILES string of the molecule is NC(=O)c1cc(F)ccc1NCCC(=O)O. The second kappa shape index (κ2) is 5.11. The van der Waals surface area contributed by atoms with Crippen molar-refractivity contribution < 1.29 is 19.1 Å². The molecule has 1 aromatic carbocycles. The lowest BCUT2D eigenvalue weighted by Crippen LogP contribution is -2.16. The van der Waals surface area contributed by atoms with Gasteiger partial charge in [0.25, 0.3) is 5.91 Å². The van der Waals surface area contributed by atoms with Crippen molar-refractivity contribution in [2.24, 2.45) is 5.73 Å². The maximum absolute atomic E-state index is 12.8. The van der Waals surface area contributed by atoms with Crippen LogP contribution in [0, 0.1) is 5.82 Å². The predicted molar refractivity (Wildman–Crippen MR) is 55.7 cm³/mol. The number of carbonyl (C=O) groups excluding carboxylic acids is 1. The molecule has 1 amide bonds. The van der Waals surface area contributed by atoms with Gasteiger partial charge >= 0.3 is 5.97 Å². The largest absolute Gasteiger partial charge is 0.481 e. The second-order valence-electron chi connectivity index (χ2n) is 3.12. The van der Waals surface area contributed by atoms with Gasteiger partial charge in [0.1, 0.15) is 5.82 Å². The van der Waals surface area contributed by atoms with E-state index in [9.17, 15) is 14.0 Å². The van der Waals surface area contributed by atoms with Crippen LogP contribution in [-0.4, -0.2) is 23.5 Å². The van der Waals surface area contributed by atoms with Crippen LogP contribution in [0.2, 0.25) is 0 Å². The number of hydrogen-bond donors (Lipinski definition) is 3. The number of nitrogens with two attached hydrogens (primary N) is 1. The molecule has 0 radical (unpaired) electrons. The van der Waals surface area contributed by atoms with Crippen LogP contribution in [0.1, 0.15) is 16.8 Å². The van der Waals surface area contributed by atoms with Crippen molar-refractivity contribution >= 4 is 17.6 Å². The first kappa shape index (κ1) is 12.0. The molecule has 0 spiro atoms. The number of halogens is 1. The van der Waals surface area contributed by atoms with Crippen LogP contribution >= 0.6 is 0 Å². The van der Waals surface area contributed by atoms with Crippen molar-refractivity contribution in [1.29, 1.82) is 0 Å². The van der Waals surface area contributed by atoms with E-state index in [4.69, 9.17) is 10.8 Å². The molecule has 0 aliphatic carbocycles. The van der Waals surface area contributed by atoms with E-state index in [0.717, 1.165) is 12.1 Å². The van der Waals surface area contributed by atoms with Crippen LogP contribution in [0.3, 0.4) is 0 Å². The molecule has 16 heavy (non-hydrogen) atoms. The summed E-state index contributed by atoms with van der Waals surface area (Å²) in [5, 5.41) is 11.1. The van der Waals surface area contributed by atoms with Crippen LogP contribution in [0.4, 0.5) is 10.1 Å². The van der Waals surface area contributed by atoms with Crippen LogP contribution < -0.4 is 11.1 Å². The first-order valence-corrected chi connectivity index (χ1v) is 4.55. The number of nitrogens with one attached hydrogen (secondary N) is 1. The normalized spacial score (nSPS) is 9.81. The molecule has 4 N–H and O–H groups in total. The topological polar surface area (TPSA) is 92.4 Å². The number of amides is 1. The van der Waals surface area contributed by atoms with Gasteiger partial charge in [-0.25, -0.2) is 4.39 Å². The van der Waals surface area contributed by atoms with Gasteiger partial charge in [-0.05, 0) is 18.2 Å². The van der Waals surface area contributed by atoms with Gasteiger partial charge in [-0.3, -0.25) is 9.59 Å². The zero-order chi connectivity index (χ0) is 12.1. The fourth-order valence-corrected chi connectivity index (χ4v) is 1.18. The van der Waals surface area contributed by atoms with Crippen LogP contribution in [0.25, 0.3) is 0 Å². The summed E-state index contributed by atoms with van der Waals surface area (Å²) in [5.74, 6) is -2.30. The monoisotopic (exact) mass is 226 g/mol. The molecule has 6 heteroatoms. The fraction of sp³-hybridized carbons (Fsp3) is 0.200. The van der Waals surface area contributed by atoms with E-state index >= 15 is 0 Å². The summed E-state index contributed by atoms with van der Waals surface area (Å²) in [6, 6.07) is 3.51. The zero-order valence-electron chi connectivity index (χ0n) is 8.37. The van der Waals surface area contributed by atoms with Gasteiger partial charge in [-0.1, -0.05) is 0 Å². The molecule has 0 aliphatic heterocycles. The number of rotatable bonds is 5. The van der Waals surface area contributed by atoms with Gasteiger partial charge in [-0.15, -0.1) is 0 Å². The van der Waals surface area contributed by atoms with Crippen LogP contribution in [-0.2, 0) is 4.79 Å². The minimum atomic E-state index is -0.963. The molecule has 0 heterocycles. The van der Waals surface area contributed by atoms with Gasteiger partial charge in [0, 0.05) is 12.2 Å². The molecule has 0 aromatic heterocycles. The average molecular weight is 226 g/mol. The van der Waals surface area contributed by atoms with Crippen LogP contribution in [0.15, 0.2) is 18.2 Å². The molecule has 0 aliphatic rings. The highest BCUT2D eigenvalue weighted by Gasteiger charge is 2.09. The maximum atomic E-state index is 12.8. The summed E-state index contributed by atoms with van der Waals surface area (Å²) in [5.41, 5.74) is 5.39. The average Bonchev–Trinajstić information content (AvgIpc) is 2.19. The Kier molecular flexibility index (Phi) is 3.82. The summed E-state index contributed by atoms with van der Waals surface area (Å²) < 4.78 is 12.8. The van der Waals surface area contributed by atoms with Crippen molar-refractivity contribution in [3.63, 3.8) is 0 Å². The number of carboxylic acid groups (broad SMARTS) is 1. The smallest absolute Gasteiger partial charge is 0.305 e. The van der Waals surface area contributed by atoms with Gasteiger partial charge in [0.2, 0.25) is 0 Å². The van der Waals surface area contributed by atoms with Crippen molar-refractivity contribution in [2.45, 2.75) is 6.42 Å². The molecule has 5 nitrogen and oxygen atoms in total. The molecule has 1 aromatic rings. The number of aliphatic carboxylic acids is 1. The Bertz CT molecular complexity index is 421. The number of benzene rings is 1. The Hall–Kier alpha value is -2.11. The summed E-state index contributed by atoms with van der Waals surface area (Å²) in [4.78, 5) is 21.2. The minimum Gasteiger partial charge on any atom is -0.481 e. The van der Waals surface area contributed by atoms with Gasteiger partial charge < -0.3 is 16.2 Å². The molecule has 0 fully saturated rings. The number of hydrogen-bond acceptors (Lipinski definition) is 3. The molecule has 0 unspecified atom stereocenters. The first-order valence-electron chi connectivity index (χ1n) is 4.55. The molecule has 0 bridgehead atoms. The van der Waals surface area contributed by atoms with Crippen molar-refractivity contribution in [3.05, 3.63) is 29.6 Å². The third-order valence-electron chi connectivity index (χ3n) is 1.90. The molecular formula is C10H11FN2O3. The van der Waals surface area contributed by atoms with E-state index in [1.54, 1.807) is 0 Å². The molecule has 0 atom stereocenters. The van der Waals surface area contributed by atoms with E-state index < -0.39 is 17.7 Å². The van der Waals surface area contributed by atoms with E-state index in [2.05, 4.69) is 5.32 Å². The third kappa shape index (κ3) is 3.23. The molecule has 1 rings (SSSR count). The Labute approximate surface area is 91.1 Å². The van der Waals surface area contributed by atoms with E-state index in [-0.39, 0.29) is 18.5 Å². The number of anilines is 1. The van der Waals surface area contributed by atoms with Crippen molar-refractivity contribution in [1.82, 2.24) is 0 Å². The Morgan fingerprint density at radius 3 is 2.69 bits per heavy atom. The van der Waals surface area contributed by atoms with Gasteiger partial charge in [0.15, 0.2) is 0 Å². The molecule has 0 saturated carbocycles. The summed E-state index contributed by atoms with van der Waals surface area (Å²) in [6.45, 7) is 0.140. The number of carboxylic acids is 1. The second-order valence-corrected chi connectivity index (χ2v) is 3.12. The Morgan fingerprint density at radius 2 is 2.12 bits per heavy atom. The zero-order valence-corrected chi connectivity index (χ0v) is 8.37. The van der Waals surface area contributed by atoms with Gasteiger partial charge in [0.05, 0.1) is 12.0 Å². The maximum Gasteiger partial charge on any atom is 0.305 e. The lowest BCUT2D eigenvalue weighted by molar-refractivity contribution is -0.136. The summed E-state index contributed by atoms with van der Waals surface area (Å²) in [7, 11) is 0. The first-order chi connectivity index (χ1) is 7.50. The Balaban J connectivity index is 2.78. The quantitative estimate of drug-likeness (QED) is 0.692. The Morgan fingerprint density at radius 1 is 1.44 bits per heavy atom. The highest BCUT2D eigenvalue weighted by atomic mass is 19.1. The van der Waals surface area contributed by atoms with E-state index in [1.807, 2.05) is 0 Å².